The number of amides is 1. The van der Waals surface area contributed by atoms with E-state index in [1.807, 2.05) is 37.3 Å². The summed E-state index contributed by atoms with van der Waals surface area (Å²) in [5.74, 6) is 0.0151. The summed E-state index contributed by atoms with van der Waals surface area (Å²) < 4.78 is 0. The summed E-state index contributed by atoms with van der Waals surface area (Å²) in [6, 6.07) is 10.3. The molecule has 3 rings (SSSR count). The smallest absolute Gasteiger partial charge is 0.238 e. The van der Waals surface area contributed by atoms with Gasteiger partial charge in [-0.2, -0.15) is 0 Å². The van der Waals surface area contributed by atoms with E-state index in [9.17, 15) is 4.79 Å². The molecular formula is C18H23N3O. The summed E-state index contributed by atoms with van der Waals surface area (Å²) in [5, 5.41) is 7.39. The number of hydrogen-bond acceptors (Lipinski definition) is 3. The van der Waals surface area contributed by atoms with Gasteiger partial charge in [0.15, 0.2) is 0 Å². The predicted octanol–water partition coefficient (Wildman–Crippen LogP) is 3.40. The standard InChI is InChI=1S/C18H23N3O/c1-13-11-17(15-9-5-6-10-16(15)20-13)21-18(22)12-19-14-7-3-2-4-8-14/h5-6,9-11,14,19H,2-4,7-8,12H2,1H3,(H,20,21,22). The van der Waals surface area contributed by atoms with E-state index < -0.39 is 0 Å². The number of nitrogens with one attached hydrogen (secondary N) is 2. The molecule has 2 aromatic rings. The number of aromatic nitrogens is 1. The van der Waals surface area contributed by atoms with Crippen molar-refractivity contribution in [1.29, 1.82) is 0 Å². The van der Waals surface area contributed by atoms with Crippen molar-refractivity contribution in [3.05, 3.63) is 36.0 Å². The van der Waals surface area contributed by atoms with Crippen LogP contribution < -0.4 is 10.6 Å². The molecule has 1 amide bonds. The third-order valence-electron chi connectivity index (χ3n) is 4.27. The minimum absolute atomic E-state index is 0.0151. The monoisotopic (exact) mass is 297 g/mol. The normalized spacial score (nSPS) is 15.9. The third kappa shape index (κ3) is 3.63. The van der Waals surface area contributed by atoms with E-state index in [0.717, 1.165) is 22.3 Å². The minimum Gasteiger partial charge on any atom is -0.324 e. The van der Waals surface area contributed by atoms with Crippen LogP contribution in [0.25, 0.3) is 10.9 Å². The van der Waals surface area contributed by atoms with E-state index in [1.165, 1.54) is 32.1 Å². The molecule has 1 aliphatic carbocycles. The van der Waals surface area contributed by atoms with Gasteiger partial charge in [0.05, 0.1) is 17.7 Å². The fourth-order valence-electron chi connectivity index (χ4n) is 3.15. The quantitative estimate of drug-likeness (QED) is 0.909. The maximum absolute atomic E-state index is 12.2. The van der Waals surface area contributed by atoms with Gasteiger partial charge in [0.1, 0.15) is 0 Å². The second kappa shape index (κ2) is 6.88. The third-order valence-corrected chi connectivity index (χ3v) is 4.27. The lowest BCUT2D eigenvalue weighted by Gasteiger charge is -2.22. The zero-order valence-electron chi connectivity index (χ0n) is 13.1. The Labute approximate surface area is 131 Å². The van der Waals surface area contributed by atoms with Crippen LogP contribution in [0.3, 0.4) is 0 Å². The van der Waals surface area contributed by atoms with E-state index >= 15 is 0 Å². The van der Waals surface area contributed by atoms with E-state index in [4.69, 9.17) is 0 Å². The highest BCUT2D eigenvalue weighted by molar-refractivity contribution is 6.01. The molecule has 1 aliphatic rings. The van der Waals surface area contributed by atoms with Crippen molar-refractivity contribution in [2.24, 2.45) is 0 Å². The first-order chi connectivity index (χ1) is 10.7. The Morgan fingerprint density at radius 2 is 2.00 bits per heavy atom. The van der Waals surface area contributed by atoms with Gasteiger partial charge in [-0.1, -0.05) is 37.5 Å². The van der Waals surface area contributed by atoms with Crippen LogP contribution in [-0.4, -0.2) is 23.5 Å². The summed E-state index contributed by atoms with van der Waals surface area (Å²) in [6.45, 7) is 2.32. The molecule has 22 heavy (non-hydrogen) atoms. The Kier molecular flexibility index (Phi) is 4.68. The highest BCUT2D eigenvalue weighted by Crippen LogP contribution is 2.23. The van der Waals surface area contributed by atoms with Crippen LogP contribution in [0.15, 0.2) is 30.3 Å². The largest absolute Gasteiger partial charge is 0.324 e. The number of fused-ring (bicyclic) bond motifs is 1. The Morgan fingerprint density at radius 1 is 1.23 bits per heavy atom. The van der Waals surface area contributed by atoms with Crippen molar-refractivity contribution in [2.75, 3.05) is 11.9 Å². The van der Waals surface area contributed by atoms with Crippen LogP contribution in [0.1, 0.15) is 37.8 Å². The highest BCUT2D eigenvalue weighted by Gasteiger charge is 2.14. The van der Waals surface area contributed by atoms with Gasteiger partial charge < -0.3 is 10.6 Å². The van der Waals surface area contributed by atoms with E-state index in [0.29, 0.717) is 12.6 Å². The van der Waals surface area contributed by atoms with Crippen LogP contribution in [0, 0.1) is 6.92 Å². The molecule has 0 unspecified atom stereocenters. The summed E-state index contributed by atoms with van der Waals surface area (Å²) in [6.07, 6.45) is 6.24. The Balaban J connectivity index is 1.66. The van der Waals surface area contributed by atoms with Gasteiger partial charge in [-0.05, 0) is 31.9 Å². The zero-order chi connectivity index (χ0) is 15.4. The second-order valence-corrected chi connectivity index (χ2v) is 6.09. The molecule has 0 saturated heterocycles. The number of carbonyl (C=O) groups excluding carboxylic acids is 1. The Hall–Kier alpha value is -1.94. The van der Waals surface area contributed by atoms with Crippen LogP contribution in [0.2, 0.25) is 0 Å². The number of para-hydroxylation sites is 1. The fourth-order valence-corrected chi connectivity index (χ4v) is 3.15. The SMILES string of the molecule is Cc1cc(NC(=O)CNC2CCCCC2)c2ccccc2n1. The van der Waals surface area contributed by atoms with Gasteiger partial charge in [-0.25, -0.2) is 0 Å². The number of pyridine rings is 1. The number of hydrogen-bond donors (Lipinski definition) is 2. The molecule has 1 aromatic heterocycles. The van der Waals surface area contributed by atoms with Crippen molar-refractivity contribution in [3.8, 4) is 0 Å². The van der Waals surface area contributed by atoms with Gasteiger partial charge in [-0.15, -0.1) is 0 Å². The average Bonchev–Trinajstić information content (AvgIpc) is 2.54. The number of anilines is 1. The number of carbonyl (C=O) groups is 1. The molecule has 0 bridgehead atoms. The van der Waals surface area contributed by atoms with E-state index in [-0.39, 0.29) is 5.91 Å². The predicted molar refractivity (Wildman–Crippen MR) is 90.0 cm³/mol. The average molecular weight is 297 g/mol. The maximum atomic E-state index is 12.2. The molecule has 0 aliphatic heterocycles. The lowest BCUT2D eigenvalue weighted by Crippen LogP contribution is -2.37. The van der Waals surface area contributed by atoms with Crippen molar-refractivity contribution < 1.29 is 4.79 Å². The first kappa shape index (κ1) is 15.0. The molecule has 1 heterocycles. The number of rotatable bonds is 4. The van der Waals surface area contributed by atoms with Crippen LogP contribution in [0.5, 0.6) is 0 Å². The molecule has 116 valence electrons. The summed E-state index contributed by atoms with van der Waals surface area (Å²) in [5.41, 5.74) is 2.67. The van der Waals surface area contributed by atoms with Gasteiger partial charge in [0.2, 0.25) is 5.91 Å². The molecule has 0 atom stereocenters. The fraction of sp³-hybridized carbons (Fsp3) is 0.444. The van der Waals surface area contributed by atoms with Crippen molar-refractivity contribution in [1.82, 2.24) is 10.3 Å². The molecule has 4 heteroatoms. The number of benzene rings is 1. The van der Waals surface area contributed by atoms with Crippen LogP contribution >= 0.6 is 0 Å². The number of nitrogens with zero attached hydrogens (tertiary/aromatic N) is 1. The van der Waals surface area contributed by atoms with Gasteiger partial charge in [0, 0.05) is 17.1 Å². The highest BCUT2D eigenvalue weighted by atomic mass is 16.1. The lowest BCUT2D eigenvalue weighted by molar-refractivity contribution is -0.115. The first-order valence-corrected chi connectivity index (χ1v) is 8.12. The van der Waals surface area contributed by atoms with Gasteiger partial charge >= 0.3 is 0 Å². The molecular weight excluding hydrogens is 274 g/mol. The van der Waals surface area contributed by atoms with Crippen molar-refractivity contribution in [2.45, 2.75) is 45.1 Å². The summed E-state index contributed by atoms with van der Waals surface area (Å²) in [7, 11) is 0. The van der Waals surface area contributed by atoms with Gasteiger partial charge in [-0.3, -0.25) is 9.78 Å². The minimum atomic E-state index is 0.0151. The van der Waals surface area contributed by atoms with E-state index in [1.54, 1.807) is 0 Å². The number of aryl methyl sites for hydroxylation is 1. The van der Waals surface area contributed by atoms with Gasteiger partial charge in [0.25, 0.3) is 0 Å². The summed E-state index contributed by atoms with van der Waals surface area (Å²) >= 11 is 0. The van der Waals surface area contributed by atoms with Crippen LogP contribution in [0.4, 0.5) is 5.69 Å². The topological polar surface area (TPSA) is 54.0 Å². The molecule has 2 N–H and O–H groups in total. The Morgan fingerprint density at radius 3 is 2.82 bits per heavy atom. The molecule has 0 radical (unpaired) electrons. The Bertz CT molecular complexity index is 662. The first-order valence-electron chi connectivity index (χ1n) is 8.12. The molecule has 1 aromatic carbocycles. The van der Waals surface area contributed by atoms with Crippen LogP contribution in [-0.2, 0) is 4.79 Å². The van der Waals surface area contributed by atoms with Crippen molar-refractivity contribution in [3.63, 3.8) is 0 Å². The van der Waals surface area contributed by atoms with E-state index in [2.05, 4.69) is 15.6 Å². The second-order valence-electron chi connectivity index (χ2n) is 6.09. The van der Waals surface area contributed by atoms with Crippen molar-refractivity contribution >= 4 is 22.5 Å². The lowest BCUT2D eigenvalue weighted by atomic mass is 9.95. The maximum Gasteiger partial charge on any atom is 0.238 e. The molecule has 1 saturated carbocycles. The molecule has 4 nitrogen and oxygen atoms in total. The zero-order valence-corrected chi connectivity index (χ0v) is 13.1. The molecule has 1 fully saturated rings. The molecule has 0 spiro atoms. The summed E-state index contributed by atoms with van der Waals surface area (Å²) in [4.78, 5) is 16.7.